The van der Waals surface area contributed by atoms with Crippen molar-refractivity contribution in [2.24, 2.45) is 0 Å². The SMILES string of the molecule is COc1cccc(C(=O)N2CCN(C(=O)/C=C/c3ccccc3OC)CC2)c1. The second-order valence-corrected chi connectivity index (χ2v) is 6.42. The van der Waals surface area contributed by atoms with Crippen molar-refractivity contribution >= 4 is 17.9 Å². The van der Waals surface area contributed by atoms with Gasteiger partial charge in [0.1, 0.15) is 11.5 Å². The van der Waals surface area contributed by atoms with Gasteiger partial charge in [-0.15, -0.1) is 0 Å². The summed E-state index contributed by atoms with van der Waals surface area (Å²) < 4.78 is 10.5. The molecule has 0 N–H and O–H groups in total. The fourth-order valence-electron chi connectivity index (χ4n) is 3.14. The van der Waals surface area contributed by atoms with Crippen molar-refractivity contribution in [1.82, 2.24) is 9.80 Å². The number of hydrogen-bond acceptors (Lipinski definition) is 4. The normalized spacial score (nSPS) is 14.2. The van der Waals surface area contributed by atoms with Gasteiger partial charge in [0.05, 0.1) is 14.2 Å². The van der Waals surface area contributed by atoms with E-state index in [0.717, 1.165) is 11.3 Å². The van der Waals surface area contributed by atoms with Crippen LogP contribution >= 0.6 is 0 Å². The molecule has 0 bridgehead atoms. The Kier molecular flexibility index (Phi) is 6.32. The van der Waals surface area contributed by atoms with Crippen LogP contribution in [-0.2, 0) is 4.79 Å². The van der Waals surface area contributed by atoms with Gasteiger partial charge in [-0.25, -0.2) is 0 Å². The maximum Gasteiger partial charge on any atom is 0.254 e. The average Bonchev–Trinajstić information content (AvgIpc) is 2.77. The molecule has 3 rings (SSSR count). The Morgan fingerprint density at radius 1 is 0.893 bits per heavy atom. The van der Waals surface area contributed by atoms with Crippen molar-refractivity contribution in [3.63, 3.8) is 0 Å². The number of benzene rings is 2. The fourth-order valence-corrected chi connectivity index (χ4v) is 3.14. The summed E-state index contributed by atoms with van der Waals surface area (Å²) in [7, 11) is 3.18. The van der Waals surface area contributed by atoms with E-state index in [1.54, 1.807) is 60.4 Å². The zero-order valence-corrected chi connectivity index (χ0v) is 16.1. The van der Waals surface area contributed by atoms with Crippen molar-refractivity contribution < 1.29 is 19.1 Å². The van der Waals surface area contributed by atoms with Gasteiger partial charge in [-0.1, -0.05) is 24.3 Å². The quantitative estimate of drug-likeness (QED) is 0.749. The van der Waals surface area contributed by atoms with E-state index in [0.29, 0.717) is 37.5 Å². The highest BCUT2D eigenvalue weighted by atomic mass is 16.5. The molecule has 1 heterocycles. The molecule has 0 aliphatic carbocycles. The number of para-hydroxylation sites is 1. The summed E-state index contributed by atoms with van der Waals surface area (Å²) in [5, 5.41) is 0. The van der Waals surface area contributed by atoms with E-state index in [2.05, 4.69) is 0 Å². The maximum absolute atomic E-state index is 12.7. The fraction of sp³-hybridized carbons (Fsp3) is 0.273. The molecule has 6 nitrogen and oxygen atoms in total. The number of piperazine rings is 1. The van der Waals surface area contributed by atoms with E-state index >= 15 is 0 Å². The first-order valence-electron chi connectivity index (χ1n) is 9.15. The molecule has 1 aliphatic heterocycles. The zero-order valence-electron chi connectivity index (χ0n) is 16.1. The molecule has 0 unspecified atom stereocenters. The zero-order chi connectivity index (χ0) is 19.9. The van der Waals surface area contributed by atoms with Gasteiger partial charge in [-0.3, -0.25) is 9.59 Å². The first kappa shape index (κ1) is 19.5. The van der Waals surface area contributed by atoms with Crippen molar-refractivity contribution in [1.29, 1.82) is 0 Å². The first-order chi connectivity index (χ1) is 13.6. The third kappa shape index (κ3) is 4.52. The molecule has 1 aliphatic rings. The third-order valence-corrected chi connectivity index (χ3v) is 4.74. The minimum absolute atomic E-state index is 0.0458. The molecule has 0 radical (unpaired) electrons. The van der Waals surface area contributed by atoms with Crippen LogP contribution in [0.4, 0.5) is 0 Å². The molecule has 146 valence electrons. The number of carbonyl (C=O) groups is 2. The first-order valence-corrected chi connectivity index (χ1v) is 9.15. The van der Waals surface area contributed by atoms with Gasteiger partial charge in [0.15, 0.2) is 0 Å². The number of ether oxygens (including phenoxy) is 2. The van der Waals surface area contributed by atoms with Crippen LogP contribution in [0.5, 0.6) is 11.5 Å². The van der Waals surface area contributed by atoms with E-state index in [4.69, 9.17) is 9.47 Å². The number of rotatable bonds is 5. The smallest absolute Gasteiger partial charge is 0.254 e. The summed E-state index contributed by atoms with van der Waals surface area (Å²) in [4.78, 5) is 28.7. The van der Waals surface area contributed by atoms with Gasteiger partial charge < -0.3 is 19.3 Å². The van der Waals surface area contributed by atoms with E-state index in [-0.39, 0.29) is 11.8 Å². The van der Waals surface area contributed by atoms with Crippen LogP contribution in [0.25, 0.3) is 6.08 Å². The third-order valence-electron chi connectivity index (χ3n) is 4.74. The van der Waals surface area contributed by atoms with E-state index < -0.39 is 0 Å². The number of carbonyl (C=O) groups excluding carboxylic acids is 2. The molecule has 0 saturated carbocycles. The van der Waals surface area contributed by atoms with Crippen LogP contribution in [0.3, 0.4) is 0 Å². The number of hydrogen-bond donors (Lipinski definition) is 0. The second-order valence-electron chi connectivity index (χ2n) is 6.42. The van der Waals surface area contributed by atoms with Crippen molar-refractivity contribution in [2.75, 3.05) is 40.4 Å². The number of amides is 2. The van der Waals surface area contributed by atoms with Crippen LogP contribution in [0.2, 0.25) is 0 Å². The Labute approximate surface area is 165 Å². The molecule has 1 fully saturated rings. The molecule has 0 spiro atoms. The summed E-state index contributed by atoms with van der Waals surface area (Å²) in [5.74, 6) is 1.26. The molecule has 6 heteroatoms. The lowest BCUT2D eigenvalue weighted by atomic mass is 10.1. The Balaban J connectivity index is 1.58. The standard InChI is InChI=1S/C22H24N2O4/c1-27-19-8-5-7-18(16-19)22(26)24-14-12-23(13-15-24)21(25)11-10-17-6-3-4-9-20(17)28-2/h3-11,16H,12-15H2,1-2H3/b11-10+. The predicted octanol–water partition coefficient (Wildman–Crippen LogP) is 2.70. The highest BCUT2D eigenvalue weighted by molar-refractivity contribution is 5.95. The molecular formula is C22H24N2O4. The van der Waals surface area contributed by atoms with Crippen LogP contribution in [0.1, 0.15) is 15.9 Å². The molecule has 0 atom stereocenters. The lowest BCUT2D eigenvalue weighted by Crippen LogP contribution is -2.50. The maximum atomic E-state index is 12.7. The summed E-state index contributed by atoms with van der Waals surface area (Å²) in [6.45, 7) is 2.02. The molecule has 2 amide bonds. The van der Waals surface area contributed by atoms with Gasteiger partial charge in [0.2, 0.25) is 5.91 Å². The summed E-state index contributed by atoms with van der Waals surface area (Å²) in [6.07, 6.45) is 3.31. The molecule has 0 aromatic heterocycles. The van der Waals surface area contributed by atoms with Crippen molar-refractivity contribution in [2.45, 2.75) is 0 Å². The van der Waals surface area contributed by atoms with E-state index in [1.165, 1.54) is 0 Å². The lowest BCUT2D eigenvalue weighted by molar-refractivity contribution is -0.127. The molecular weight excluding hydrogens is 356 g/mol. The summed E-state index contributed by atoms with van der Waals surface area (Å²) in [5.41, 5.74) is 1.44. The van der Waals surface area contributed by atoms with Crippen LogP contribution < -0.4 is 9.47 Å². The summed E-state index contributed by atoms with van der Waals surface area (Å²) >= 11 is 0. The van der Waals surface area contributed by atoms with Crippen molar-refractivity contribution in [3.05, 3.63) is 65.7 Å². The second kappa shape index (κ2) is 9.08. The minimum atomic E-state index is -0.0700. The molecule has 2 aromatic rings. The van der Waals surface area contributed by atoms with Crippen LogP contribution in [0, 0.1) is 0 Å². The largest absolute Gasteiger partial charge is 0.497 e. The monoisotopic (exact) mass is 380 g/mol. The molecule has 28 heavy (non-hydrogen) atoms. The van der Waals surface area contributed by atoms with Gasteiger partial charge >= 0.3 is 0 Å². The van der Waals surface area contributed by atoms with Gasteiger partial charge in [0.25, 0.3) is 5.91 Å². The average molecular weight is 380 g/mol. The lowest BCUT2D eigenvalue weighted by Gasteiger charge is -2.34. The van der Waals surface area contributed by atoms with E-state index in [1.807, 2.05) is 24.3 Å². The Morgan fingerprint density at radius 2 is 1.61 bits per heavy atom. The minimum Gasteiger partial charge on any atom is -0.497 e. The number of methoxy groups -OCH3 is 2. The highest BCUT2D eigenvalue weighted by Crippen LogP contribution is 2.19. The van der Waals surface area contributed by atoms with Gasteiger partial charge in [-0.2, -0.15) is 0 Å². The Bertz CT molecular complexity index is 870. The van der Waals surface area contributed by atoms with Gasteiger partial charge in [-0.05, 0) is 30.3 Å². The topological polar surface area (TPSA) is 59.1 Å². The summed E-state index contributed by atoms with van der Waals surface area (Å²) in [6, 6.07) is 14.6. The van der Waals surface area contributed by atoms with Gasteiger partial charge in [0, 0.05) is 43.4 Å². The van der Waals surface area contributed by atoms with Crippen LogP contribution in [-0.4, -0.2) is 62.0 Å². The Morgan fingerprint density at radius 3 is 2.32 bits per heavy atom. The molecule has 2 aromatic carbocycles. The predicted molar refractivity (Wildman–Crippen MR) is 108 cm³/mol. The molecule has 1 saturated heterocycles. The van der Waals surface area contributed by atoms with E-state index in [9.17, 15) is 9.59 Å². The van der Waals surface area contributed by atoms with Crippen LogP contribution in [0.15, 0.2) is 54.6 Å². The number of nitrogens with zero attached hydrogens (tertiary/aromatic N) is 2. The van der Waals surface area contributed by atoms with Crippen molar-refractivity contribution in [3.8, 4) is 11.5 Å². The highest BCUT2D eigenvalue weighted by Gasteiger charge is 2.24. The Hall–Kier alpha value is -3.28.